The number of likely N-dealkylation sites (tertiary alicyclic amines) is 1. The summed E-state index contributed by atoms with van der Waals surface area (Å²) in [5.74, 6) is -0.306. The molecular formula is C20H19N3O3S. The van der Waals surface area contributed by atoms with Gasteiger partial charge in [-0.25, -0.2) is 4.98 Å². The van der Waals surface area contributed by atoms with Gasteiger partial charge in [-0.1, -0.05) is 30.3 Å². The normalized spacial score (nSPS) is 16.4. The summed E-state index contributed by atoms with van der Waals surface area (Å²) in [4.78, 5) is 31.4. The summed E-state index contributed by atoms with van der Waals surface area (Å²) in [6.45, 7) is 0.934. The number of benzene rings is 1. The van der Waals surface area contributed by atoms with Gasteiger partial charge >= 0.3 is 0 Å². The maximum Gasteiger partial charge on any atom is 0.257 e. The first-order valence-electron chi connectivity index (χ1n) is 8.83. The van der Waals surface area contributed by atoms with Crippen molar-refractivity contribution in [3.63, 3.8) is 0 Å². The maximum absolute atomic E-state index is 12.6. The fourth-order valence-corrected chi connectivity index (χ4v) is 4.06. The lowest BCUT2D eigenvalue weighted by Crippen LogP contribution is -2.45. The molecule has 1 aliphatic rings. The Balaban J connectivity index is 1.38. The third-order valence-electron chi connectivity index (χ3n) is 4.60. The summed E-state index contributed by atoms with van der Waals surface area (Å²) in [6, 6.07) is 11.1. The van der Waals surface area contributed by atoms with E-state index in [1.807, 2.05) is 35.7 Å². The molecule has 3 aromatic rings. The van der Waals surface area contributed by atoms with Crippen LogP contribution in [-0.2, 0) is 11.3 Å². The summed E-state index contributed by atoms with van der Waals surface area (Å²) in [5, 5.41) is 5.80. The van der Waals surface area contributed by atoms with Crippen molar-refractivity contribution < 1.29 is 14.0 Å². The van der Waals surface area contributed by atoms with Crippen LogP contribution in [0, 0.1) is 0 Å². The third-order valence-corrected chi connectivity index (χ3v) is 5.54. The highest BCUT2D eigenvalue weighted by molar-refractivity contribution is 7.13. The number of rotatable bonds is 5. The van der Waals surface area contributed by atoms with E-state index in [1.54, 1.807) is 22.3 Å². The van der Waals surface area contributed by atoms with Crippen molar-refractivity contribution in [3.8, 4) is 10.6 Å². The third kappa shape index (κ3) is 3.78. The van der Waals surface area contributed by atoms with Crippen LogP contribution in [0.1, 0.15) is 28.9 Å². The Morgan fingerprint density at radius 1 is 1.26 bits per heavy atom. The molecule has 2 aromatic heterocycles. The van der Waals surface area contributed by atoms with Crippen LogP contribution in [0.25, 0.3) is 10.6 Å². The Kier molecular flexibility index (Phi) is 5.02. The predicted molar refractivity (Wildman–Crippen MR) is 102 cm³/mol. The van der Waals surface area contributed by atoms with E-state index >= 15 is 0 Å². The lowest BCUT2D eigenvalue weighted by molar-refractivity contribution is -0.125. The number of aromatic nitrogens is 1. The predicted octanol–water partition coefficient (Wildman–Crippen LogP) is 3.32. The summed E-state index contributed by atoms with van der Waals surface area (Å²) < 4.78 is 4.98. The van der Waals surface area contributed by atoms with Crippen molar-refractivity contribution in [1.29, 1.82) is 0 Å². The van der Waals surface area contributed by atoms with Crippen LogP contribution in [0.3, 0.4) is 0 Å². The molecular weight excluding hydrogens is 362 g/mol. The molecule has 1 saturated heterocycles. The van der Waals surface area contributed by atoms with Gasteiger partial charge < -0.3 is 14.6 Å². The minimum Gasteiger partial charge on any atom is -0.472 e. The number of hydrogen-bond acceptors (Lipinski definition) is 5. The molecule has 1 N–H and O–H groups in total. The van der Waals surface area contributed by atoms with Gasteiger partial charge in [-0.3, -0.25) is 9.59 Å². The molecule has 0 spiro atoms. The lowest BCUT2D eigenvalue weighted by atomic mass is 10.2. The van der Waals surface area contributed by atoms with E-state index in [-0.39, 0.29) is 11.8 Å². The van der Waals surface area contributed by atoms with E-state index < -0.39 is 6.04 Å². The zero-order chi connectivity index (χ0) is 18.6. The number of hydrogen-bond donors (Lipinski definition) is 1. The van der Waals surface area contributed by atoms with Gasteiger partial charge in [0.1, 0.15) is 17.3 Å². The molecule has 138 valence electrons. The van der Waals surface area contributed by atoms with Crippen LogP contribution in [-0.4, -0.2) is 34.3 Å². The number of furan rings is 1. The molecule has 3 heterocycles. The molecule has 2 amide bonds. The van der Waals surface area contributed by atoms with Crippen molar-refractivity contribution in [2.75, 3.05) is 6.54 Å². The molecule has 6 nitrogen and oxygen atoms in total. The van der Waals surface area contributed by atoms with Crippen LogP contribution >= 0.6 is 11.3 Å². The molecule has 1 aliphatic heterocycles. The zero-order valence-corrected chi connectivity index (χ0v) is 15.4. The minimum absolute atomic E-state index is 0.140. The minimum atomic E-state index is -0.445. The van der Waals surface area contributed by atoms with Gasteiger partial charge in [0.2, 0.25) is 5.91 Å². The van der Waals surface area contributed by atoms with Crippen molar-refractivity contribution in [2.24, 2.45) is 0 Å². The molecule has 0 bridgehead atoms. The van der Waals surface area contributed by atoms with Crippen LogP contribution in [0.4, 0.5) is 0 Å². The first-order valence-corrected chi connectivity index (χ1v) is 9.71. The SMILES string of the molecule is O=C(NCc1csc(-c2ccccc2)n1)C1CCCN1C(=O)c1ccoc1. The zero-order valence-electron chi connectivity index (χ0n) is 14.6. The van der Waals surface area contributed by atoms with Crippen LogP contribution in [0.15, 0.2) is 58.7 Å². The van der Waals surface area contributed by atoms with Crippen LogP contribution < -0.4 is 5.32 Å². The molecule has 1 aromatic carbocycles. The number of amides is 2. The first-order chi connectivity index (χ1) is 13.2. The van der Waals surface area contributed by atoms with E-state index in [1.165, 1.54) is 12.5 Å². The van der Waals surface area contributed by atoms with E-state index in [9.17, 15) is 9.59 Å². The molecule has 4 rings (SSSR count). The van der Waals surface area contributed by atoms with Gasteiger partial charge in [-0.05, 0) is 18.9 Å². The number of nitrogens with zero attached hydrogens (tertiary/aromatic N) is 2. The maximum atomic E-state index is 12.6. The molecule has 0 radical (unpaired) electrons. The molecule has 1 atom stereocenters. The van der Waals surface area contributed by atoms with Crippen LogP contribution in [0.5, 0.6) is 0 Å². The highest BCUT2D eigenvalue weighted by Crippen LogP contribution is 2.24. The molecule has 0 saturated carbocycles. The highest BCUT2D eigenvalue weighted by atomic mass is 32.1. The number of carbonyl (C=O) groups is 2. The largest absolute Gasteiger partial charge is 0.472 e. The Labute approximate surface area is 160 Å². The quantitative estimate of drug-likeness (QED) is 0.736. The summed E-state index contributed by atoms with van der Waals surface area (Å²) in [6.07, 6.45) is 4.36. The second-order valence-electron chi connectivity index (χ2n) is 6.40. The Hall–Kier alpha value is -2.93. The highest BCUT2D eigenvalue weighted by Gasteiger charge is 2.34. The van der Waals surface area contributed by atoms with Crippen LogP contribution in [0.2, 0.25) is 0 Å². The van der Waals surface area contributed by atoms with Gasteiger partial charge in [0.15, 0.2) is 0 Å². The number of carbonyl (C=O) groups excluding carboxylic acids is 2. The van der Waals surface area contributed by atoms with Crippen molar-refractivity contribution in [2.45, 2.75) is 25.4 Å². The van der Waals surface area contributed by atoms with Gasteiger partial charge in [-0.2, -0.15) is 0 Å². The van der Waals surface area contributed by atoms with Gasteiger partial charge in [0, 0.05) is 17.5 Å². The Morgan fingerprint density at radius 3 is 2.89 bits per heavy atom. The van der Waals surface area contributed by atoms with Crippen molar-refractivity contribution >= 4 is 23.2 Å². The monoisotopic (exact) mass is 381 g/mol. The summed E-state index contributed by atoms with van der Waals surface area (Å²) in [5.41, 5.74) is 2.35. The van der Waals surface area contributed by atoms with E-state index in [0.29, 0.717) is 25.1 Å². The lowest BCUT2D eigenvalue weighted by Gasteiger charge is -2.23. The molecule has 1 fully saturated rings. The van der Waals surface area contributed by atoms with Gasteiger partial charge in [0.05, 0.1) is 24.1 Å². The van der Waals surface area contributed by atoms with Crippen molar-refractivity contribution in [3.05, 3.63) is 65.6 Å². The van der Waals surface area contributed by atoms with E-state index in [4.69, 9.17) is 4.42 Å². The number of nitrogens with one attached hydrogen (secondary N) is 1. The topological polar surface area (TPSA) is 75.4 Å². The standard InChI is InChI=1S/C20H19N3O3S/c24-18(17-7-4-9-23(17)20(25)15-8-10-26-12-15)21-11-16-13-27-19(22-16)14-5-2-1-3-6-14/h1-3,5-6,8,10,12-13,17H,4,7,9,11H2,(H,21,24). The first kappa shape index (κ1) is 17.5. The fourth-order valence-electron chi connectivity index (χ4n) is 3.23. The smallest absolute Gasteiger partial charge is 0.257 e. The summed E-state index contributed by atoms with van der Waals surface area (Å²) in [7, 11) is 0. The molecule has 1 unspecified atom stereocenters. The molecule has 7 heteroatoms. The fraction of sp³-hybridized carbons (Fsp3) is 0.250. The van der Waals surface area contributed by atoms with E-state index in [2.05, 4.69) is 10.3 Å². The Morgan fingerprint density at radius 2 is 2.11 bits per heavy atom. The van der Waals surface area contributed by atoms with Crippen molar-refractivity contribution in [1.82, 2.24) is 15.2 Å². The second kappa shape index (κ2) is 7.75. The number of thiazole rings is 1. The van der Waals surface area contributed by atoms with E-state index in [0.717, 1.165) is 22.7 Å². The molecule has 27 heavy (non-hydrogen) atoms. The van der Waals surface area contributed by atoms with Gasteiger partial charge in [-0.15, -0.1) is 11.3 Å². The van der Waals surface area contributed by atoms with Gasteiger partial charge in [0.25, 0.3) is 5.91 Å². The second-order valence-corrected chi connectivity index (χ2v) is 7.25. The summed E-state index contributed by atoms with van der Waals surface area (Å²) >= 11 is 1.55. The average Bonchev–Trinajstić information content (AvgIpc) is 3.47. The molecule has 0 aliphatic carbocycles. The Bertz CT molecular complexity index is 921. The average molecular weight is 381 g/mol.